The summed E-state index contributed by atoms with van der Waals surface area (Å²) in [5, 5.41) is 12.2. The Balaban J connectivity index is 1.96. The van der Waals surface area contributed by atoms with Gasteiger partial charge in [-0.25, -0.2) is 8.78 Å². The number of carbonyl (C=O) groups is 1. The van der Waals surface area contributed by atoms with Gasteiger partial charge in [0.2, 0.25) is 5.89 Å². The summed E-state index contributed by atoms with van der Waals surface area (Å²) in [6.07, 6.45) is 0.923. The first-order valence-corrected chi connectivity index (χ1v) is 6.01. The van der Waals surface area contributed by atoms with Crippen molar-refractivity contribution < 1.29 is 23.2 Å². The maximum absolute atomic E-state index is 13.0. The van der Waals surface area contributed by atoms with Gasteiger partial charge in [-0.2, -0.15) is 4.98 Å². The van der Waals surface area contributed by atoms with Crippen LogP contribution in [0, 0.1) is 11.6 Å². The van der Waals surface area contributed by atoms with E-state index < -0.39 is 17.6 Å². The van der Waals surface area contributed by atoms with Crippen LogP contribution in [0.4, 0.5) is 8.78 Å². The Kier molecular flexibility index (Phi) is 4.39. The monoisotopic (exact) mass is 282 g/mol. The Morgan fingerprint density at radius 2 is 1.95 bits per heavy atom. The molecule has 1 N–H and O–H groups in total. The Hall–Kier alpha value is -2.31. The van der Waals surface area contributed by atoms with Crippen molar-refractivity contribution in [2.45, 2.75) is 25.7 Å². The topological polar surface area (TPSA) is 76.2 Å². The molecular formula is C13H12F2N2O3. The molecule has 2 rings (SSSR count). The van der Waals surface area contributed by atoms with Crippen LogP contribution in [-0.4, -0.2) is 21.2 Å². The SMILES string of the molecule is O=C(O)CCCc1nc(Cc2cc(F)cc(F)c2)no1. The molecule has 0 aliphatic carbocycles. The number of nitrogens with zero attached hydrogens (tertiary/aromatic N) is 2. The Labute approximate surface area is 113 Å². The Bertz CT molecular complexity index is 593. The lowest BCUT2D eigenvalue weighted by Crippen LogP contribution is -1.97. The standard InChI is InChI=1S/C13H12F2N2O3/c14-9-4-8(5-10(15)7-9)6-11-16-12(20-17-11)2-1-3-13(18)19/h4-5,7H,1-3,6H2,(H,18,19). The van der Waals surface area contributed by atoms with Gasteiger partial charge in [0.05, 0.1) is 0 Å². The van der Waals surface area contributed by atoms with Gasteiger partial charge in [-0.05, 0) is 24.1 Å². The number of carboxylic acids is 1. The summed E-state index contributed by atoms with van der Waals surface area (Å²) in [6.45, 7) is 0. The number of aromatic nitrogens is 2. The van der Waals surface area contributed by atoms with E-state index in [1.54, 1.807) is 0 Å². The molecule has 0 unspecified atom stereocenters. The molecule has 0 saturated heterocycles. The van der Waals surface area contributed by atoms with Gasteiger partial charge in [-0.15, -0.1) is 0 Å². The average molecular weight is 282 g/mol. The molecule has 5 nitrogen and oxygen atoms in total. The highest BCUT2D eigenvalue weighted by molar-refractivity contribution is 5.66. The third-order valence-electron chi connectivity index (χ3n) is 2.58. The summed E-state index contributed by atoms with van der Waals surface area (Å²) in [4.78, 5) is 14.4. The molecule has 1 aromatic heterocycles. The molecule has 106 valence electrons. The predicted molar refractivity (Wildman–Crippen MR) is 64.0 cm³/mol. The highest BCUT2D eigenvalue weighted by Gasteiger charge is 2.09. The van der Waals surface area contributed by atoms with Crippen LogP contribution in [-0.2, 0) is 17.6 Å². The van der Waals surface area contributed by atoms with Gasteiger partial charge in [0.15, 0.2) is 5.82 Å². The van der Waals surface area contributed by atoms with E-state index >= 15 is 0 Å². The lowest BCUT2D eigenvalue weighted by Gasteiger charge is -1.97. The summed E-state index contributed by atoms with van der Waals surface area (Å²) in [6, 6.07) is 3.18. The number of carboxylic acid groups (broad SMARTS) is 1. The molecule has 0 spiro atoms. The maximum atomic E-state index is 13.0. The average Bonchev–Trinajstić information content (AvgIpc) is 2.74. The number of rotatable bonds is 6. The van der Waals surface area contributed by atoms with Gasteiger partial charge in [0.1, 0.15) is 11.6 Å². The number of hydrogen-bond donors (Lipinski definition) is 1. The number of aliphatic carboxylic acids is 1. The quantitative estimate of drug-likeness (QED) is 0.880. The molecular weight excluding hydrogens is 270 g/mol. The van der Waals surface area contributed by atoms with Crippen molar-refractivity contribution in [2.75, 3.05) is 0 Å². The molecule has 20 heavy (non-hydrogen) atoms. The van der Waals surface area contributed by atoms with E-state index in [2.05, 4.69) is 10.1 Å². The predicted octanol–water partition coefficient (Wildman–Crippen LogP) is 2.35. The minimum atomic E-state index is -0.889. The Morgan fingerprint density at radius 1 is 1.25 bits per heavy atom. The molecule has 2 aromatic rings. The van der Waals surface area contributed by atoms with Crippen LogP contribution >= 0.6 is 0 Å². The summed E-state index contributed by atoms with van der Waals surface area (Å²) in [7, 11) is 0. The van der Waals surface area contributed by atoms with E-state index in [0.29, 0.717) is 30.1 Å². The fourth-order valence-electron chi connectivity index (χ4n) is 1.75. The van der Waals surface area contributed by atoms with Gasteiger partial charge in [-0.3, -0.25) is 4.79 Å². The van der Waals surface area contributed by atoms with Gasteiger partial charge < -0.3 is 9.63 Å². The van der Waals surface area contributed by atoms with Crippen LogP contribution in [0.25, 0.3) is 0 Å². The molecule has 0 saturated carbocycles. The van der Waals surface area contributed by atoms with E-state index in [1.165, 1.54) is 12.1 Å². The zero-order valence-corrected chi connectivity index (χ0v) is 10.5. The van der Waals surface area contributed by atoms with Crippen LogP contribution < -0.4 is 0 Å². The van der Waals surface area contributed by atoms with E-state index in [0.717, 1.165) is 6.07 Å². The fourth-order valence-corrected chi connectivity index (χ4v) is 1.75. The van der Waals surface area contributed by atoms with Crippen LogP contribution in [0.3, 0.4) is 0 Å². The minimum absolute atomic E-state index is 0.0207. The molecule has 0 aliphatic rings. The van der Waals surface area contributed by atoms with Crippen molar-refractivity contribution in [3.05, 3.63) is 47.1 Å². The van der Waals surface area contributed by atoms with Crippen LogP contribution in [0.1, 0.15) is 30.1 Å². The number of aryl methyl sites for hydroxylation is 1. The fraction of sp³-hybridized carbons (Fsp3) is 0.308. The molecule has 0 bridgehead atoms. The molecule has 0 radical (unpaired) electrons. The second-order valence-corrected chi connectivity index (χ2v) is 4.31. The zero-order chi connectivity index (χ0) is 14.5. The van der Waals surface area contributed by atoms with E-state index in [1.807, 2.05) is 0 Å². The number of hydrogen-bond acceptors (Lipinski definition) is 4. The summed E-state index contributed by atoms with van der Waals surface area (Å²) < 4.78 is 31.0. The zero-order valence-electron chi connectivity index (χ0n) is 10.5. The minimum Gasteiger partial charge on any atom is -0.481 e. The van der Waals surface area contributed by atoms with Crippen molar-refractivity contribution in [2.24, 2.45) is 0 Å². The van der Waals surface area contributed by atoms with E-state index in [-0.39, 0.29) is 12.8 Å². The third kappa shape index (κ3) is 4.11. The lowest BCUT2D eigenvalue weighted by molar-refractivity contribution is -0.137. The first-order chi connectivity index (χ1) is 9.52. The van der Waals surface area contributed by atoms with Crippen molar-refractivity contribution in [1.29, 1.82) is 0 Å². The van der Waals surface area contributed by atoms with Gasteiger partial charge in [0, 0.05) is 25.3 Å². The highest BCUT2D eigenvalue weighted by Crippen LogP contribution is 2.12. The normalized spacial score (nSPS) is 10.7. The molecule has 0 fully saturated rings. The van der Waals surface area contributed by atoms with Gasteiger partial charge in [-0.1, -0.05) is 5.16 Å². The molecule has 0 atom stereocenters. The summed E-state index contributed by atoms with van der Waals surface area (Å²) in [5.74, 6) is -1.59. The molecule has 1 aromatic carbocycles. The largest absolute Gasteiger partial charge is 0.481 e. The lowest BCUT2D eigenvalue weighted by atomic mass is 10.1. The number of halogens is 2. The third-order valence-corrected chi connectivity index (χ3v) is 2.58. The van der Waals surface area contributed by atoms with Crippen molar-refractivity contribution in [1.82, 2.24) is 10.1 Å². The van der Waals surface area contributed by atoms with Gasteiger partial charge >= 0.3 is 5.97 Å². The molecule has 1 heterocycles. The highest BCUT2D eigenvalue weighted by atomic mass is 19.1. The summed E-state index contributed by atoms with van der Waals surface area (Å²) >= 11 is 0. The molecule has 0 amide bonds. The van der Waals surface area contributed by atoms with Crippen LogP contribution in [0.15, 0.2) is 22.7 Å². The van der Waals surface area contributed by atoms with Crippen molar-refractivity contribution in [3.63, 3.8) is 0 Å². The maximum Gasteiger partial charge on any atom is 0.303 e. The number of benzene rings is 1. The van der Waals surface area contributed by atoms with Gasteiger partial charge in [0.25, 0.3) is 0 Å². The Morgan fingerprint density at radius 3 is 2.60 bits per heavy atom. The second-order valence-electron chi connectivity index (χ2n) is 4.31. The van der Waals surface area contributed by atoms with Crippen molar-refractivity contribution in [3.8, 4) is 0 Å². The second kappa shape index (κ2) is 6.23. The van der Waals surface area contributed by atoms with Crippen LogP contribution in [0.5, 0.6) is 0 Å². The van der Waals surface area contributed by atoms with Crippen molar-refractivity contribution >= 4 is 5.97 Å². The summed E-state index contributed by atoms with van der Waals surface area (Å²) in [5.41, 5.74) is 0.403. The van der Waals surface area contributed by atoms with Crippen LogP contribution in [0.2, 0.25) is 0 Å². The molecule has 7 heteroatoms. The van der Waals surface area contributed by atoms with E-state index in [9.17, 15) is 13.6 Å². The van der Waals surface area contributed by atoms with E-state index in [4.69, 9.17) is 9.63 Å². The molecule has 0 aliphatic heterocycles. The smallest absolute Gasteiger partial charge is 0.303 e. The first-order valence-electron chi connectivity index (χ1n) is 6.01. The first kappa shape index (κ1) is 14.1.